The molecule has 6 heteroatoms. The fourth-order valence-corrected chi connectivity index (χ4v) is 4.19. The standard InChI is InChI=1S/C13H18BrNO3S/c1-18-10-11-3-2-8-15(9-11)19(16,17)13-6-4-12(14)5-7-13/h4-7,11H,2-3,8-10H2,1H3/t11-/m1/s1. The van der Waals surface area contributed by atoms with E-state index >= 15 is 0 Å². The van der Waals surface area contributed by atoms with Crippen LogP contribution in [-0.2, 0) is 14.8 Å². The van der Waals surface area contributed by atoms with Crippen molar-refractivity contribution in [1.29, 1.82) is 0 Å². The van der Waals surface area contributed by atoms with Crippen molar-refractivity contribution < 1.29 is 13.2 Å². The largest absolute Gasteiger partial charge is 0.384 e. The first-order chi connectivity index (χ1) is 9.04. The van der Waals surface area contributed by atoms with E-state index in [-0.39, 0.29) is 0 Å². The van der Waals surface area contributed by atoms with Gasteiger partial charge in [-0.05, 0) is 43.0 Å². The van der Waals surface area contributed by atoms with Gasteiger partial charge in [-0.15, -0.1) is 0 Å². The fraction of sp³-hybridized carbons (Fsp3) is 0.538. The minimum Gasteiger partial charge on any atom is -0.384 e. The molecule has 1 aliphatic rings. The minimum atomic E-state index is -3.37. The molecule has 106 valence electrons. The third kappa shape index (κ3) is 3.56. The molecule has 0 amide bonds. The molecule has 0 unspecified atom stereocenters. The summed E-state index contributed by atoms with van der Waals surface area (Å²) in [6.45, 7) is 1.76. The molecule has 1 aromatic rings. The maximum atomic E-state index is 12.5. The smallest absolute Gasteiger partial charge is 0.243 e. The Morgan fingerprint density at radius 1 is 1.37 bits per heavy atom. The molecule has 0 N–H and O–H groups in total. The van der Waals surface area contributed by atoms with Crippen LogP contribution in [0.25, 0.3) is 0 Å². The number of hydrogen-bond acceptors (Lipinski definition) is 3. The highest BCUT2D eigenvalue weighted by Crippen LogP contribution is 2.24. The molecule has 1 fully saturated rings. The van der Waals surface area contributed by atoms with Gasteiger partial charge in [0.25, 0.3) is 0 Å². The Morgan fingerprint density at radius 3 is 2.68 bits per heavy atom. The monoisotopic (exact) mass is 347 g/mol. The molecule has 0 bridgehead atoms. The quantitative estimate of drug-likeness (QED) is 0.840. The zero-order valence-electron chi connectivity index (χ0n) is 10.9. The van der Waals surface area contributed by atoms with Gasteiger partial charge < -0.3 is 4.74 Å². The number of hydrogen-bond donors (Lipinski definition) is 0. The number of rotatable bonds is 4. The molecule has 0 spiro atoms. The van der Waals surface area contributed by atoms with Gasteiger partial charge in [-0.25, -0.2) is 8.42 Å². The van der Waals surface area contributed by atoms with Crippen LogP contribution < -0.4 is 0 Å². The van der Waals surface area contributed by atoms with Crippen molar-refractivity contribution in [3.8, 4) is 0 Å². The summed E-state index contributed by atoms with van der Waals surface area (Å²) in [5, 5.41) is 0. The lowest BCUT2D eigenvalue weighted by molar-refractivity contribution is 0.118. The number of halogens is 1. The Hall–Kier alpha value is -0.430. The number of nitrogens with zero attached hydrogens (tertiary/aromatic N) is 1. The van der Waals surface area contributed by atoms with E-state index in [2.05, 4.69) is 15.9 Å². The van der Waals surface area contributed by atoms with E-state index in [1.807, 2.05) is 0 Å². The highest BCUT2D eigenvalue weighted by atomic mass is 79.9. The number of sulfonamides is 1. The molecule has 1 heterocycles. The van der Waals surface area contributed by atoms with E-state index < -0.39 is 10.0 Å². The van der Waals surface area contributed by atoms with Gasteiger partial charge in [-0.1, -0.05) is 15.9 Å². The van der Waals surface area contributed by atoms with Crippen molar-refractivity contribution >= 4 is 26.0 Å². The summed E-state index contributed by atoms with van der Waals surface area (Å²) < 4.78 is 32.6. The molecular formula is C13H18BrNO3S. The van der Waals surface area contributed by atoms with Crippen molar-refractivity contribution in [2.45, 2.75) is 17.7 Å². The molecule has 1 aromatic carbocycles. The van der Waals surface area contributed by atoms with Gasteiger partial charge in [0.1, 0.15) is 0 Å². The molecule has 1 aliphatic heterocycles. The first-order valence-corrected chi connectivity index (χ1v) is 8.52. The Balaban J connectivity index is 2.17. The normalized spacial score (nSPS) is 21.5. The highest BCUT2D eigenvalue weighted by Gasteiger charge is 2.30. The number of methoxy groups -OCH3 is 1. The maximum absolute atomic E-state index is 12.5. The van der Waals surface area contributed by atoms with E-state index in [0.29, 0.717) is 30.5 Å². The number of ether oxygens (including phenoxy) is 1. The first-order valence-electron chi connectivity index (χ1n) is 6.28. The summed E-state index contributed by atoms with van der Waals surface area (Å²) in [7, 11) is -1.72. The van der Waals surface area contributed by atoms with Crippen molar-refractivity contribution in [1.82, 2.24) is 4.31 Å². The maximum Gasteiger partial charge on any atom is 0.243 e. The Bertz CT molecular complexity index is 513. The van der Waals surface area contributed by atoms with Crippen molar-refractivity contribution in [2.24, 2.45) is 5.92 Å². The van der Waals surface area contributed by atoms with E-state index in [1.165, 1.54) is 0 Å². The third-order valence-electron chi connectivity index (χ3n) is 3.34. The second-order valence-electron chi connectivity index (χ2n) is 4.78. The van der Waals surface area contributed by atoms with Crippen LogP contribution in [0.1, 0.15) is 12.8 Å². The molecule has 0 radical (unpaired) electrons. The first kappa shape index (κ1) is 15.0. The molecule has 0 saturated carbocycles. The average Bonchev–Trinajstić information content (AvgIpc) is 2.40. The molecule has 0 aliphatic carbocycles. The zero-order chi connectivity index (χ0) is 13.9. The van der Waals surface area contributed by atoms with Gasteiger partial charge in [-0.3, -0.25) is 0 Å². The molecule has 0 aromatic heterocycles. The summed E-state index contributed by atoms with van der Waals surface area (Å²) in [6.07, 6.45) is 1.92. The van der Waals surface area contributed by atoms with Gasteiger partial charge in [0, 0.05) is 24.7 Å². The van der Waals surface area contributed by atoms with Gasteiger partial charge in [0.05, 0.1) is 11.5 Å². The zero-order valence-corrected chi connectivity index (χ0v) is 13.3. The van der Waals surface area contributed by atoms with Crippen LogP contribution in [-0.4, -0.2) is 39.5 Å². The topological polar surface area (TPSA) is 46.6 Å². The van der Waals surface area contributed by atoms with E-state index in [4.69, 9.17) is 4.74 Å². The summed E-state index contributed by atoms with van der Waals surface area (Å²) in [4.78, 5) is 0.355. The van der Waals surface area contributed by atoms with Crippen molar-refractivity contribution in [2.75, 3.05) is 26.8 Å². The highest BCUT2D eigenvalue weighted by molar-refractivity contribution is 9.10. The summed E-state index contributed by atoms with van der Waals surface area (Å²) in [5.41, 5.74) is 0. The van der Waals surface area contributed by atoms with Crippen LogP contribution in [0.15, 0.2) is 33.6 Å². The van der Waals surface area contributed by atoms with E-state index in [1.54, 1.807) is 35.7 Å². The molecule has 1 saturated heterocycles. The lowest BCUT2D eigenvalue weighted by Crippen LogP contribution is -2.41. The second-order valence-corrected chi connectivity index (χ2v) is 7.63. The molecule has 4 nitrogen and oxygen atoms in total. The van der Waals surface area contributed by atoms with Crippen LogP contribution in [0.3, 0.4) is 0 Å². The molecule has 1 atom stereocenters. The molecular weight excluding hydrogens is 330 g/mol. The van der Waals surface area contributed by atoms with Crippen LogP contribution in [0.2, 0.25) is 0 Å². The predicted molar refractivity (Wildman–Crippen MR) is 77.5 cm³/mol. The SMILES string of the molecule is COC[C@@H]1CCCN(S(=O)(=O)c2ccc(Br)cc2)C1. The minimum absolute atomic E-state index is 0.295. The van der Waals surface area contributed by atoms with Crippen molar-refractivity contribution in [3.63, 3.8) is 0 Å². The van der Waals surface area contributed by atoms with Crippen LogP contribution in [0.5, 0.6) is 0 Å². The van der Waals surface area contributed by atoms with Crippen molar-refractivity contribution in [3.05, 3.63) is 28.7 Å². The van der Waals surface area contributed by atoms with Crippen LogP contribution >= 0.6 is 15.9 Å². The summed E-state index contributed by atoms with van der Waals surface area (Å²) >= 11 is 3.31. The van der Waals surface area contributed by atoms with Crippen LogP contribution in [0, 0.1) is 5.92 Å². The summed E-state index contributed by atoms with van der Waals surface area (Å²) in [6, 6.07) is 6.78. The predicted octanol–water partition coefficient (Wildman–Crippen LogP) is 2.50. The Kier molecular flexibility index (Phi) is 5.00. The molecule has 2 rings (SSSR count). The Labute approximate surface area is 122 Å². The number of piperidine rings is 1. The van der Waals surface area contributed by atoms with Gasteiger partial charge in [0.2, 0.25) is 10.0 Å². The second kappa shape index (κ2) is 6.35. The fourth-order valence-electron chi connectivity index (χ4n) is 2.37. The van der Waals surface area contributed by atoms with Gasteiger partial charge in [-0.2, -0.15) is 4.31 Å². The van der Waals surface area contributed by atoms with E-state index in [9.17, 15) is 8.42 Å². The third-order valence-corrected chi connectivity index (χ3v) is 5.74. The van der Waals surface area contributed by atoms with Gasteiger partial charge >= 0.3 is 0 Å². The average molecular weight is 348 g/mol. The van der Waals surface area contributed by atoms with Gasteiger partial charge in [0.15, 0.2) is 0 Å². The lowest BCUT2D eigenvalue weighted by Gasteiger charge is -2.31. The number of benzene rings is 1. The molecule has 19 heavy (non-hydrogen) atoms. The van der Waals surface area contributed by atoms with Crippen LogP contribution in [0.4, 0.5) is 0 Å². The summed E-state index contributed by atoms with van der Waals surface area (Å²) in [5.74, 6) is 0.295. The Morgan fingerprint density at radius 2 is 2.05 bits per heavy atom. The van der Waals surface area contributed by atoms with E-state index in [0.717, 1.165) is 17.3 Å². The lowest BCUT2D eigenvalue weighted by atomic mass is 10.0.